The predicted molar refractivity (Wildman–Crippen MR) is 111 cm³/mol. The average molecular weight is 497 g/mol. The monoisotopic (exact) mass is 497 g/mol. The summed E-state index contributed by atoms with van der Waals surface area (Å²) in [4.78, 5) is 61.9. The number of nitrogens with zero attached hydrogens (tertiary/aromatic N) is 1. The van der Waals surface area contributed by atoms with Crippen LogP contribution in [0.3, 0.4) is 0 Å². The van der Waals surface area contributed by atoms with Gasteiger partial charge in [-0.25, -0.2) is 0 Å². The number of benzene rings is 1. The fourth-order valence-corrected chi connectivity index (χ4v) is 4.92. The van der Waals surface area contributed by atoms with Gasteiger partial charge in [0.1, 0.15) is 24.1 Å². The van der Waals surface area contributed by atoms with E-state index in [0.29, 0.717) is 5.56 Å². The number of carboxylic acid groups (broad SMARTS) is 1. The molecule has 3 aliphatic rings. The van der Waals surface area contributed by atoms with Gasteiger partial charge in [-0.05, 0) is 5.56 Å². The molecule has 34 heavy (non-hydrogen) atoms. The number of carboxylic acids is 1. The molecule has 13 heteroatoms. The molecule has 2 unspecified atom stereocenters. The zero-order valence-corrected chi connectivity index (χ0v) is 21.3. The molecule has 1 aromatic rings. The Morgan fingerprint density at radius 3 is 2.53 bits per heavy atom. The molecule has 0 aliphatic carbocycles. The summed E-state index contributed by atoms with van der Waals surface area (Å²) in [6, 6.07) is 6.47. The third kappa shape index (κ3) is 5.47. The molecule has 2 saturated heterocycles. The van der Waals surface area contributed by atoms with E-state index in [1.165, 1.54) is 18.7 Å². The van der Waals surface area contributed by atoms with Crippen molar-refractivity contribution in [2.24, 2.45) is 0 Å². The molecular formula is C21H20N3NaO8S. The summed E-state index contributed by atoms with van der Waals surface area (Å²) in [5, 5.41) is 16.3. The van der Waals surface area contributed by atoms with Gasteiger partial charge in [0.2, 0.25) is 5.91 Å². The summed E-state index contributed by atoms with van der Waals surface area (Å²) in [6.45, 7) is 1.19. The van der Waals surface area contributed by atoms with Gasteiger partial charge < -0.3 is 30.0 Å². The standard InChI is InChI=1S/C21H21N3O8S.Na/c1-10(25)31-7-12-9-33-20-15(19(28)24(20)16(12)21(29)30)23-18(27)14(11-5-3-2-4-6-11)22-17(26)13-8-32-13;/h2-6,13-15,20H,7-9H2,1H3,(H,22,26)(H,23,27)(H,29,30);/q;+1/p-1/t13?,14?,15-,20-;/m1./s1. The molecule has 0 aromatic heterocycles. The van der Waals surface area contributed by atoms with E-state index in [-0.39, 0.29) is 59.8 Å². The van der Waals surface area contributed by atoms with Crippen molar-refractivity contribution in [3.05, 3.63) is 47.2 Å². The second kappa shape index (κ2) is 10.9. The van der Waals surface area contributed by atoms with Crippen LogP contribution in [-0.4, -0.2) is 71.0 Å². The van der Waals surface area contributed by atoms with Crippen molar-refractivity contribution >= 4 is 41.4 Å². The summed E-state index contributed by atoms with van der Waals surface area (Å²) in [5.74, 6) is -3.67. The minimum Gasteiger partial charge on any atom is -0.543 e. The first-order valence-electron chi connectivity index (χ1n) is 10.1. The predicted octanol–water partition coefficient (Wildman–Crippen LogP) is -4.79. The molecule has 2 fully saturated rings. The Kier molecular flexibility index (Phi) is 8.42. The van der Waals surface area contributed by atoms with Gasteiger partial charge in [-0.1, -0.05) is 30.3 Å². The molecule has 11 nitrogen and oxygen atoms in total. The number of hydrogen-bond donors (Lipinski definition) is 2. The van der Waals surface area contributed by atoms with Crippen LogP contribution in [-0.2, 0) is 33.4 Å². The molecule has 2 N–H and O–H groups in total. The van der Waals surface area contributed by atoms with E-state index in [0.717, 1.165) is 4.90 Å². The molecule has 0 spiro atoms. The summed E-state index contributed by atoms with van der Waals surface area (Å²) in [7, 11) is 0. The van der Waals surface area contributed by atoms with Crippen LogP contribution < -0.4 is 45.3 Å². The van der Waals surface area contributed by atoms with Crippen molar-refractivity contribution in [1.29, 1.82) is 0 Å². The van der Waals surface area contributed by atoms with Crippen LogP contribution in [0.5, 0.6) is 0 Å². The number of aliphatic carboxylic acids is 1. The van der Waals surface area contributed by atoms with Crippen LogP contribution in [0.1, 0.15) is 18.5 Å². The van der Waals surface area contributed by atoms with E-state index in [9.17, 15) is 29.1 Å². The molecule has 0 bridgehead atoms. The number of nitrogens with one attached hydrogen (secondary N) is 2. The van der Waals surface area contributed by atoms with Gasteiger partial charge >= 0.3 is 35.5 Å². The molecule has 4 rings (SSSR count). The Hall–Kier alpha value is -2.38. The van der Waals surface area contributed by atoms with Gasteiger partial charge in [-0.2, -0.15) is 0 Å². The molecule has 0 radical (unpaired) electrons. The van der Waals surface area contributed by atoms with E-state index in [2.05, 4.69) is 10.6 Å². The summed E-state index contributed by atoms with van der Waals surface area (Å²) >= 11 is 1.23. The number of carbonyl (C=O) groups is 5. The Morgan fingerprint density at radius 1 is 1.26 bits per heavy atom. The second-order valence-electron chi connectivity index (χ2n) is 7.59. The number of epoxide rings is 1. The van der Waals surface area contributed by atoms with Crippen molar-refractivity contribution in [3.63, 3.8) is 0 Å². The van der Waals surface area contributed by atoms with E-state index in [1.54, 1.807) is 30.3 Å². The van der Waals surface area contributed by atoms with Crippen molar-refractivity contribution < 1.29 is 68.1 Å². The number of esters is 1. The Bertz CT molecular complexity index is 1050. The first kappa shape index (κ1) is 26.2. The molecule has 1 aromatic carbocycles. The van der Waals surface area contributed by atoms with Gasteiger partial charge in [0.05, 0.1) is 18.3 Å². The van der Waals surface area contributed by atoms with E-state index in [4.69, 9.17) is 9.47 Å². The van der Waals surface area contributed by atoms with Crippen molar-refractivity contribution in [1.82, 2.24) is 15.5 Å². The zero-order valence-electron chi connectivity index (χ0n) is 18.4. The number of carbonyl (C=O) groups excluding carboxylic acids is 5. The third-order valence-corrected chi connectivity index (χ3v) is 6.64. The fourth-order valence-electron chi connectivity index (χ4n) is 3.59. The maximum Gasteiger partial charge on any atom is 1.00 e. The third-order valence-electron chi connectivity index (χ3n) is 5.30. The average Bonchev–Trinajstić information content (AvgIpc) is 3.64. The fraction of sp³-hybridized carbons (Fsp3) is 0.381. The Balaban J connectivity index is 0.00000324. The molecule has 0 saturated carbocycles. The molecule has 3 heterocycles. The number of thioether (sulfide) groups is 1. The number of fused-ring (bicyclic) bond motifs is 1. The van der Waals surface area contributed by atoms with Crippen LogP contribution in [0.15, 0.2) is 41.6 Å². The van der Waals surface area contributed by atoms with Gasteiger partial charge in [0.15, 0.2) is 6.10 Å². The number of rotatable bonds is 8. The van der Waals surface area contributed by atoms with Crippen LogP contribution in [0.2, 0.25) is 0 Å². The van der Waals surface area contributed by atoms with Crippen LogP contribution in [0.4, 0.5) is 0 Å². The molecule has 174 valence electrons. The largest absolute Gasteiger partial charge is 1.00 e. The molecular weight excluding hydrogens is 477 g/mol. The minimum atomic E-state index is -1.57. The van der Waals surface area contributed by atoms with Crippen LogP contribution in [0.25, 0.3) is 0 Å². The number of amides is 3. The summed E-state index contributed by atoms with van der Waals surface area (Å²) in [5.41, 5.74) is 0.403. The number of hydrogen-bond acceptors (Lipinski definition) is 9. The minimum absolute atomic E-state index is 0. The normalized spacial score (nSPS) is 23.5. The Labute approximate surface area is 220 Å². The smallest absolute Gasteiger partial charge is 0.543 e. The van der Waals surface area contributed by atoms with E-state index < -0.39 is 53.2 Å². The number of β-lactam (4-membered cyclic amide) rings is 1. The molecule has 3 aliphatic heterocycles. The SMILES string of the molecule is CC(=O)OCC1=C(C(=O)[O-])N2C(=O)[C@@H](NC(=O)C(NC(=O)C3CO3)c3ccccc3)[C@H]2SC1.[Na+]. The maximum atomic E-state index is 13.1. The van der Waals surface area contributed by atoms with E-state index >= 15 is 0 Å². The van der Waals surface area contributed by atoms with Gasteiger partial charge in [0.25, 0.3) is 11.8 Å². The van der Waals surface area contributed by atoms with Gasteiger partial charge in [-0.15, -0.1) is 11.8 Å². The van der Waals surface area contributed by atoms with Gasteiger partial charge in [0, 0.05) is 18.2 Å². The molecule has 3 amide bonds. The van der Waals surface area contributed by atoms with Crippen molar-refractivity contribution in [3.8, 4) is 0 Å². The number of ether oxygens (including phenoxy) is 2. The first-order chi connectivity index (χ1) is 15.8. The van der Waals surface area contributed by atoms with Crippen LogP contribution in [0, 0.1) is 0 Å². The molecule has 4 atom stereocenters. The van der Waals surface area contributed by atoms with Crippen molar-refractivity contribution in [2.45, 2.75) is 30.5 Å². The van der Waals surface area contributed by atoms with Crippen LogP contribution >= 0.6 is 11.8 Å². The maximum absolute atomic E-state index is 13.1. The Morgan fingerprint density at radius 2 is 1.94 bits per heavy atom. The summed E-state index contributed by atoms with van der Waals surface area (Å²) < 4.78 is 9.84. The first-order valence-corrected chi connectivity index (χ1v) is 11.1. The topological polar surface area (TPSA) is 157 Å². The second-order valence-corrected chi connectivity index (χ2v) is 8.70. The quantitative estimate of drug-likeness (QED) is 0.156. The zero-order chi connectivity index (χ0) is 23.7. The summed E-state index contributed by atoms with van der Waals surface area (Å²) in [6.07, 6.45) is -0.606. The van der Waals surface area contributed by atoms with Gasteiger partial charge in [-0.3, -0.25) is 24.1 Å². The van der Waals surface area contributed by atoms with Crippen molar-refractivity contribution in [2.75, 3.05) is 19.0 Å². The van der Waals surface area contributed by atoms with E-state index in [1.807, 2.05) is 0 Å².